The number of pyridine rings is 1. The first-order valence-electron chi connectivity index (χ1n) is 6.81. The van der Waals surface area contributed by atoms with Gasteiger partial charge < -0.3 is 10.1 Å². The lowest BCUT2D eigenvalue weighted by Crippen LogP contribution is -2.33. The maximum absolute atomic E-state index is 5.52. The average molecular weight is 250 g/mol. The molecule has 3 heteroatoms. The number of rotatable bonds is 7. The minimum absolute atomic E-state index is 0.0989. The van der Waals surface area contributed by atoms with E-state index < -0.39 is 0 Å². The zero-order chi connectivity index (χ0) is 13.6. The lowest BCUT2D eigenvalue weighted by atomic mass is 9.80. The van der Waals surface area contributed by atoms with Crippen molar-refractivity contribution in [3.8, 4) is 5.75 Å². The van der Waals surface area contributed by atoms with E-state index in [1.54, 1.807) is 6.20 Å². The van der Waals surface area contributed by atoms with E-state index >= 15 is 0 Å². The third-order valence-corrected chi connectivity index (χ3v) is 3.17. The molecule has 1 heterocycles. The highest BCUT2D eigenvalue weighted by Gasteiger charge is 2.24. The molecule has 0 radical (unpaired) electrons. The second kappa shape index (κ2) is 6.74. The Morgan fingerprint density at radius 3 is 2.67 bits per heavy atom. The molecule has 0 saturated carbocycles. The highest BCUT2D eigenvalue weighted by molar-refractivity contribution is 5.29. The Balaban J connectivity index is 2.79. The van der Waals surface area contributed by atoms with Crippen LogP contribution >= 0.6 is 0 Å². The van der Waals surface area contributed by atoms with Crippen molar-refractivity contribution in [3.05, 3.63) is 24.0 Å². The van der Waals surface area contributed by atoms with Gasteiger partial charge in [-0.3, -0.25) is 4.98 Å². The van der Waals surface area contributed by atoms with Gasteiger partial charge in [-0.1, -0.05) is 20.8 Å². The molecule has 0 aliphatic heterocycles. The van der Waals surface area contributed by atoms with E-state index in [4.69, 9.17) is 4.74 Å². The predicted octanol–water partition coefficient (Wildman–Crippen LogP) is 3.15. The highest BCUT2D eigenvalue weighted by atomic mass is 16.5. The van der Waals surface area contributed by atoms with Crippen LogP contribution in [0.25, 0.3) is 0 Å². The van der Waals surface area contributed by atoms with Crippen LogP contribution in [0.5, 0.6) is 5.75 Å². The summed E-state index contributed by atoms with van der Waals surface area (Å²) in [6, 6.07) is 2.61. The van der Waals surface area contributed by atoms with Crippen molar-refractivity contribution < 1.29 is 4.74 Å². The van der Waals surface area contributed by atoms with E-state index in [2.05, 4.69) is 44.1 Å². The van der Waals surface area contributed by atoms with E-state index in [1.807, 2.05) is 13.1 Å². The second-order valence-electron chi connectivity index (χ2n) is 5.39. The van der Waals surface area contributed by atoms with Crippen LogP contribution < -0.4 is 10.1 Å². The van der Waals surface area contributed by atoms with Gasteiger partial charge in [0.2, 0.25) is 0 Å². The van der Waals surface area contributed by atoms with E-state index in [0.717, 1.165) is 18.7 Å². The molecular formula is C15H26N2O. The molecule has 0 spiro atoms. The number of aromatic nitrogens is 1. The number of ether oxygens (including phenoxy) is 1. The van der Waals surface area contributed by atoms with Crippen LogP contribution in [-0.4, -0.2) is 24.2 Å². The van der Waals surface area contributed by atoms with Gasteiger partial charge in [-0.15, -0.1) is 0 Å². The summed E-state index contributed by atoms with van der Waals surface area (Å²) in [5, 5.41) is 3.46. The van der Waals surface area contributed by atoms with Crippen molar-refractivity contribution in [3.63, 3.8) is 0 Å². The van der Waals surface area contributed by atoms with E-state index in [9.17, 15) is 0 Å². The molecular weight excluding hydrogens is 224 g/mol. The summed E-state index contributed by atoms with van der Waals surface area (Å²) in [7, 11) is 0. The van der Waals surface area contributed by atoms with Crippen LogP contribution in [0.1, 0.15) is 46.6 Å². The molecule has 1 atom stereocenters. The molecule has 0 aliphatic rings. The first-order valence-corrected chi connectivity index (χ1v) is 6.81. The molecule has 0 amide bonds. The van der Waals surface area contributed by atoms with E-state index in [1.165, 1.54) is 5.56 Å². The van der Waals surface area contributed by atoms with Gasteiger partial charge in [-0.2, -0.15) is 0 Å². The second-order valence-corrected chi connectivity index (χ2v) is 5.39. The van der Waals surface area contributed by atoms with Crippen molar-refractivity contribution in [2.75, 3.05) is 13.2 Å². The molecule has 0 saturated heterocycles. The smallest absolute Gasteiger partial charge is 0.137 e. The first kappa shape index (κ1) is 15.0. The van der Waals surface area contributed by atoms with Gasteiger partial charge >= 0.3 is 0 Å². The topological polar surface area (TPSA) is 34.2 Å². The summed E-state index contributed by atoms with van der Waals surface area (Å²) in [6.45, 7) is 12.6. The van der Waals surface area contributed by atoms with Crippen LogP contribution in [-0.2, 0) is 5.41 Å². The Morgan fingerprint density at radius 2 is 2.06 bits per heavy atom. The highest BCUT2D eigenvalue weighted by Crippen LogP contribution is 2.29. The number of nitrogens with zero attached hydrogens (tertiary/aromatic N) is 1. The van der Waals surface area contributed by atoms with Crippen LogP contribution in [0.2, 0.25) is 0 Å². The van der Waals surface area contributed by atoms with Gasteiger partial charge in [-0.05, 0) is 43.9 Å². The summed E-state index contributed by atoms with van der Waals surface area (Å²) >= 11 is 0. The lowest BCUT2D eigenvalue weighted by Gasteiger charge is -2.29. The summed E-state index contributed by atoms with van der Waals surface area (Å²) in [6.07, 6.45) is 4.80. The molecule has 0 aliphatic carbocycles. The van der Waals surface area contributed by atoms with Crippen LogP contribution in [0.4, 0.5) is 0 Å². The van der Waals surface area contributed by atoms with Gasteiger partial charge in [-0.25, -0.2) is 0 Å². The molecule has 0 bridgehead atoms. The number of hydrogen-bond donors (Lipinski definition) is 1. The first-order chi connectivity index (χ1) is 8.49. The Bertz CT molecular complexity index is 363. The summed E-state index contributed by atoms with van der Waals surface area (Å²) in [4.78, 5) is 4.28. The van der Waals surface area contributed by atoms with E-state index in [-0.39, 0.29) is 5.41 Å². The van der Waals surface area contributed by atoms with Gasteiger partial charge in [0.05, 0.1) is 12.8 Å². The maximum Gasteiger partial charge on any atom is 0.137 e. The Kier molecular flexibility index (Phi) is 5.60. The molecule has 102 valence electrons. The fraction of sp³-hybridized carbons (Fsp3) is 0.667. The van der Waals surface area contributed by atoms with Gasteiger partial charge in [0.1, 0.15) is 5.75 Å². The monoisotopic (exact) mass is 250 g/mol. The Hall–Kier alpha value is -1.09. The van der Waals surface area contributed by atoms with Crippen LogP contribution in [0.15, 0.2) is 18.5 Å². The molecule has 1 aromatic heterocycles. The van der Waals surface area contributed by atoms with Crippen LogP contribution in [0, 0.1) is 0 Å². The van der Waals surface area contributed by atoms with Gasteiger partial charge in [0, 0.05) is 12.2 Å². The van der Waals surface area contributed by atoms with Crippen molar-refractivity contribution in [2.24, 2.45) is 0 Å². The zero-order valence-electron chi connectivity index (χ0n) is 12.3. The number of nitrogens with one attached hydrogen (secondary N) is 1. The minimum Gasteiger partial charge on any atom is -0.492 e. The summed E-state index contributed by atoms with van der Waals surface area (Å²) in [5.41, 5.74) is 1.33. The number of hydrogen-bond acceptors (Lipinski definition) is 3. The Labute approximate surface area is 111 Å². The molecule has 1 rings (SSSR count). The predicted molar refractivity (Wildman–Crippen MR) is 76.2 cm³/mol. The summed E-state index contributed by atoms with van der Waals surface area (Å²) in [5.74, 6) is 0.860. The average Bonchev–Trinajstić information content (AvgIpc) is 2.29. The lowest BCUT2D eigenvalue weighted by molar-refractivity contribution is 0.335. The van der Waals surface area contributed by atoms with E-state index in [0.29, 0.717) is 12.6 Å². The molecule has 0 fully saturated rings. The zero-order valence-corrected chi connectivity index (χ0v) is 12.3. The molecule has 1 N–H and O–H groups in total. The Morgan fingerprint density at radius 1 is 1.33 bits per heavy atom. The SMILES string of the molecule is CCNC(C)CC(C)(C)c1cncc(OCC)c1. The van der Waals surface area contributed by atoms with Gasteiger partial charge in [0.25, 0.3) is 0 Å². The third-order valence-electron chi connectivity index (χ3n) is 3.17. The normalized spacial score (nSPS) is 13.4. The standard InChI is InChI=1S/C15H26N2O/c1-6-17-12(3)9-15(4,5)13-8-14(18-7-2)11-16-10-13/h8,10-12,17H,6-7,9H2,1-5H3. The largest absolute Gasteiger partial charge is 0.492 e. The van der Waals surface area contributed by atoms with Crippen LogP contribution in [0.3, 0.4) is 0 Å². The molecule has 1 aromatic rings. The van der Waals surface area contributed by atoms with Crippen molar-refractivity contribution in [1.29, 1.82) is 0 Å². The molecule has 3 nitrogen and oxygen atoms in total. The van der Waals surface area contributed by atoms with Crippen molar-refractivity contribution in [2.45, 2.75) is 52.5 Å². The fourth-order valence-corrected chi connectivity index (χ4v) is 2.34. The van der Waals surface area contributed by atoms with Crippen molar-refractivity contribution >= 4 is 0 Å². The van der Waals surface area contributed by atoms with Gasteiger partial charge in [0.15, 0.2) is 0 Å². The maximum atomic E-state index is 5.52. The fourth-order valence-electron chi connectivity index (χ4n) is 2.34. The molecule has 1 unspecified atom stereocenters. The quantitative estimate of drug-likeness (QED) is 0.807. The third kappa shape index (κ3) is 4.30. The van der Waals surface area contributed by atoms with Crippen molar-refractivity contribution in [1.82, 2.24) is 10.3 Å². The minimum atomic E-state index is 0.0989. The molecule has 18 heavy (non-hydrogen) atoms. The summed E-state index contributed by atoms with van der Waals surface area (Å²) < 4.78 is 5.52. The molecule has 0 aromatic carbocycles.